The topological polar surface area (TPSA) is 47.9 Å². The van der Waals surface area contributed by atoms with Crippen molar-refractivity contribution in [1.82, 2.24) is 0 Å². The van der Waals surface area contributed by atoms with E-state index in [9.17, 15) is 4.79 Å². The van der Waals surface area contributed by atoms with E-state index in [4.69, 9.17) is 9.57 Å². The average Bonchev–Trinajstić information content (AvgIpc) is 3.05. The highest BCUT2D eigenvalue weighted by Gasteiger charge is 2.38. The van der Waals surface area contributed by atoms with Gasteiger partial charge in [0, 0.05) is 11.8 Å². The molecule has 0 unspecified atom stereocenters. The fourth-order valence-electron chi connectivity index (χ4n) is 1.54. The van der Waals surface area contributed by atoms with Crippen molar-refractivity contribution in [2.45, 2.75) is 39.0 Å². The van der Waals surface area contributed by atoms with Crippen LogP contribution in [-0.4, -0.2) is 18.5 Å². The molecule has 0 radical (unpaired) electrons. The zero-order valence-electron chi connectivity index (χ0n) is 9.07. The first-order valence-corrected chi connectivity index (χ1v) is 5.72. The second-order valence-corrected chi connectivity index (χ2v) is 4.25. The fraction of sp³-hybridized carbons (Fsp3) is 0.818. The molecule has 2 fully saturated rings. The summed E-state index contributed by atoms with van der Waals surface area (Å²) in [6.45, 7) is 2.34. The third kappa shape index (κ3) is 3.22. The van der Waals surface area contributed by atoms with E-state index in [2.05, 4.69) is 5.16 Å². The number of ether oxygens (including phenoxy) is 1. The molecule has 0 aromatic carbocycles. The molecule has 84 valence electrons. The van der Waals surface area contributed by atoms with Crippen molar-refractivity contribution in [3.8, 4) is 0 Å². The highest BCUT2D eigenvalue weighted by molar-refractivity contribution is 5.92. The normalized spacial score (nSPS) is 19.5. The maximum Gasteiger partial charge on any atom is 0.535 e. The highest BCUT2D eigenvalue weighted by Crippen LogP contribution is 2.42. The maximum atomic E-state index is 11.0. The molecule has 0 heterocycles. The fourth-order valence-corrected chi connectivity index (χ4v) is 1.54. The predicted molar refractivity (Wildman–Crippen MR) is 55.6 cm³/mol. The molecule has 15 heavy (non-hydrogen) atoms. The summed E-state index contributed by atoms with van der Waals surface area (Å²) < 4.78 is 4.77. The first-order valence-electron chi connectivity index (χ1n) is 5.72. The lowest BCUT2D eigenvalue weighted by Gasteiger charge is -2.02. The Labute approximate surface area is 89.6 Å². The molecule has 0 aliphatic heterocycles. The van der Waals surface area contributed by atoms with Gasteiger partial charge in [-0.2, -0.15) is 0 Å². The summed E-state index contributed by atoms with van der Waals surface area (Å²) >= 11 is 0. The van der Waals surface area contributed by atoms with Gasteiger partial charge in [-0.1, -0.05) is 12.1 Å². The van der Waals surface area contributed by atoms with Crippen LogP contribution in [0.2, 0.25) is 0 Å². The van der Waals surface area contributed by atoms with Crippen molar-refractivity contribution < 1.29 is 14.4 Å². The van der Waals surface area contributed by atoms with Crippen LogP contribution < -0.4 is 0 Å². The maximum absolute atomic E-state index is 11.0. The van der Waals surface area contributed by atoms with Crippen LogP contribution in [0, 0.1) is 11.8 Å². The molecule has 0 saturated heterocycles. The van der Waals surface area contributed by atoms with Crippen molar-refractivity contribution in [1.29, 1.82) is 0 Å². The average molecular weight is 211 g/mol. The Balaban J connectivity index is 1.77. The predicted octanol–water partition coefficient (Wildman–Crippen LogP) is 2.73. The molecule has 0 atom stereocenters. The van der Waals surface area contributed by atoms with Crippen molar-refractivity contribution in [2.24, 2.45) is 17.0 Å². The Kier molecular flexibility index (Phi) is 3.23. The second-order valence-electron chi connectivity index (χ2n) is 4.25. The van der Waals surface area contributed by atoms with E-state index in [1.807, 2.05) is 6.92 Å². The van der Waals surface area contributed by atoms with Gasteiger partial charge in [0.15, 0.2) is 0 Å². The quantitative estimate of drug-likeness (QED) is 0.304. The Hall–Kier alpha value is -1.06. The van der Waals surface area contributed by atoms with E-state index in [0.717, 1.165) is 12.1 Å². The summed E-state index contributed by atoms with van der Waals surface area (Å²) in [7, 11) is 0. The van der Waals surface area contributed by atoms with Gasteiger partial charge in [0.05, 0.1) is 12.3 Å². The Morgan fingerprint density at radius 3 is 2.33 bits per heavy atom. The van der Waals surface area contributed by atoms with Gasteiger partial charge in [-0.3, -0.25) is 4.84 Å². The molecular formula is C11H17NO3. The number of carbonyl (C=O) groups excluding carboxylic acids is 1. The van der Waals surface area contributed by atoms with Gasteiger partial charge in [0.25, 0.3) is 0 Å². The van der Waals surface area contributed by atoms with E-state index < -0.39 is 6.16 Å². The third-order valence-corrected chi connectivity index (χ3v) is 2.64. The van der Waals surface area contributed by atoms with Gasteiger partial charge in [0.1, 0.15) is 0 Å². The lowest BCUT2D eigenvalue weighted by Crippen LogP contribution is -2.09. The van der Waals surface area contributed by atoms with Crippen molar-refractivity contribution in [3.05, 3.63) is 0 Å². The van der Waals surface area contributed by atoms with Crippen LogP contribution in [0.15, 0.2) is 5.16 Å². The van der Waals surface area contributed by atoms with E-state index in [1.165, 1.54) is 25.7 Å². The van der Waals surface area contributed by atoms with Gasteiger partial charge in [0.2, 0.25) is 0 Å². The number of nitrogens with zero attached hydrogens (tertiary/aromatic N) is 1. The second kappa shape index (κ2) is 4.64. The number of oxime groups is 1. The number of rotatable bonds is 5. The summed E-state index contributed by atoms with van der Waals surface area (Å²) in [6, 6.07) is 0. The van der Waals surface area contributed by atoms with Crippen LogP contribution in [0.25, 0.3) is 0 Å². The molecule has 2 rings (SSSR count). The zero-order valence-corrected chi connectivity index (χ0v) is 9.07. The van der Waals surface area contributed by atoms with E-state index >= 15 is 0 Å². The lowest BCUT2D eigenvalue weighted by atomic mass is 10.2. The van der Waals surface area contributed by atoms with Crippen LogP contribution >= 0.6 is 0 Å². The molecule has 0 bridgehead atoms. The smallest absolute Gasteiger partial charge is 0.433 e. The van der Waals surface area contributed by atoms with Crippen LogP contribution in [0.5, 0.6) is 0 Å². The zero-order chi connectivity index (χ0) is 10.7. The largest absolute Gasteiger partial charge is 0.535 e. The minimum atomic E-state index is -0.671. The van der Waals surface area contributed by atoms with Gasteiger partial charge in [-0.05, 0) is 32.1 Å². The standard InChI is InChI=1S/C11H17NO3/c1-2-7-14-11(13)15-12-10(8-3-4-8)9-5-6-9/h8-9H,2-7H2,1H3. The summed E-state index contributed by atoms with van der Waals surface area (Å²) in [5, 5.41) is 3.94. The molecule has 4 nitrogen and oxygen atoms in total. The highest BCUT2D eigenvalue weighted by atomic mass is 16.8. The van der Waals surface area contributed by atoms with Crippen LogP contribution in [0.1, 0.15) is 39.0 Å². The van der Waals surface area contributed by atoms with Gasteiger partial charge < -0.3 is 4.74 Å². The molecule has 2 saturated carbocycles. The molecule has 0 aromatic heterocycles. The molecular weight excluding hydrogens is 194 g/mol. The molecule has 2 aliphatic rings. The van der Waals surface area contributed by atoms with Crippen LogP contribution in [-0.2, 0) is 9.57 Å². The Morgan fingerprint density at radius 1 is 1.27 bits per heavy atom. The summed E-state index contributed by atoms with van der Waals surface area (Å²) in [4.78, 5) is 15.8. The van der Waals surface area contributed by atoms with Crippen LogP contribution in [0.4, 0.5) is 4.79 Å². The summed E-state index contributed by atoms with van der Waals surface area (Å²) in [6.07, 6.45) is 4.92. The van der Waals surface area contributed by atoms with Gasteiger partial charge in [-0.15, -0.1) is 0 Å². The van der Waals surface area contributed by atoms with Gasteiger partial charge >= 0.3 is 6.16 Å². The first-order chi connectivity index (χ1) is 7.31. The molecule has 0 aromatic rings. The minimum absolute atomic E-state index is 0.399. The van der Waals surface area contributed by atoms with Crippen molar-refractivity contribution >= 4 is 11.9 Å². The molecule has 0 spiro atoms. The number of carbonyl (C=O) groups is 1. The van der Waals surface area contributed by atoms with Crippen molar-refractivity contribution in [2.75, 3.05) is 6.61 Å². The summed E-state index contributed by atoms with van der Waals surface area (Å²) in [5.41, 5.74) is 1.09. The number of hydrogen-bond donors (Lipinski definition) is 0. The molecule has 2 aliphatic carbocycles. The third-order valence-electron chi connectivity index (χ3n) is 2.64. The van der Waals surface area contributed by atoms with Gasteiger partial charge in [-0.25, -0.2) is 4.79 Å². The molecule has 0 N–H and O–H groups in total. The monoisotopic (exact) mass is 211 g/mol. The molecule has 4 heteroatoms. The Bertz CT molecular complexity index is 253. The van der Waals surface area contributed by atoms with E-state index in [0.29, 0.717) is 18.4 Å². The lowest BCUT2D eigenvalue weighted by molar-refractivity contribution is 0.0570. The van der Waals surface area contributed by atoms with Crippen molar-refractivity contribution in [3.63, 3.8) is 0 Å². The summed E-state index contributed by atoms with van der Waals surface area (Å²) in [5.74, 6) is 1.16. The van der Waals surface area contributed by atoms with E-state index in [-0.39, 0.29) is 0 Å². The van der Waals surface area contributed by atoms with E-state index in [1.54, 1.807) is 0 Å². The molecule has 0 amide bonds. The number of hydrogen-bond acceptors (Lipinski definition) is 4. The first kappa shape index (κ1) is 10.5. The minimum Gasteiger partial charge on any atom is -0.433 e. The van der Waals surface area contributed by atoms with Crippen LogP contribution in [0.3, 0.4) is 0 Å². The Morgan fingerprint density at radius 2 is 1.87 bits per heavy atom. The SMILES string of the molecule is CCCOC(=O)ON=C(C1CC1)C1CC1.